The molecule has 37 heavy (non-hydrogen) atoms. The zero-order valence-electron chi connectivity index (χ0n) is 24.9. The average molecular weight is 552 g/mol. The number of aromatic nitrogens is 2. The summed E-state index contributed by atoms with van der Waals surface area (Å²) in [4.78, 5) is 16.7. The summed E-state index contributed by atoms with van der Waals surface area (Å²) in [6.45, 7) is 26.1. The van der Waals surface area contributed by atoms with Crippen LogP contribution < -0.4 is 11.4 Å². The van der Waals surface area contributed by atoms with Gasteiger partial charge in [-0.1, -0.05) is 61.3 Å². The van der Waals surface area contributed by atoms with Crippen LogP contribution in [0.3, 0.4) is 0 Å². The monoisotopic (exact) mass is 551 g/mol. The fourth-order valence-corrected chi connectivity index (χ4v) is 9.35. The van der Waals surface area contributed by atoms with Crippen LogP contribution in [-0.2, 0) is 13.6 Å². The fraction of sp³-hybridized carbons (Fsp3) is 0.778. The highest BCUT2D eigenvalue weighted by Gasteiger charge is 2.60. The lowest BCUT2D eigenvalue weighted by molar-refractivity contribution is -0.0600. The van der Waals surface area contributed by atoms with Gasteiger partial charge < -0.3 is 24.4 Å². The molecule has 1 aromatic heterocycles. The van der Waals surface area contributed by atoms with E-state index in [0.29, 0.717) is 11.8 Å². The summed E-state index contributed by atoms with van der Waals surface area (Å²) in [5.41, 5.74) is 3.31. The van der Waals surface area contributed by atoms with Crippen LogP contribution in [0.2, 0.25) is 36.3 Å². The van der Waals surface area contributed by atoms with Gasteiger partial charge in [-0.15, -0.1) is 6.42 Å². The van der Waals surface area contributed by atoms with Crippen LogP contribution in [0.1, 0.15) is 61.6 Å². The molecular weight excluding hydrogens is 502 g/mol. The van der Waals surface area contributed by atoms with Gasteiger partial charge in [-0.25, -0.2) is 4.79 Å². The molecule has 1 aromatic rings. The molecule has 3 N–H and O–H groups in total. The summed E-state index contributed by atoms with van der Waals surface area (Å²) in [7, 11) is -4.79. The molecular formula is C27H49N3O5Si2. The number of nitrogens with zero attached hydrogens (tertiary/aromatic N) is 2. The van der Waals surface area contributed by atoms with Gasteiger partial charge in [0.2, 0.25) is 0 Å². The third-order valence-corrected chi connectivity index (χ3v) is 18.9. The van der Waals surface area contributed by atoms with E-state index in [1.54, 1.807) is 0 Å². The van der Waals surface area contributed by atoms with Gasteiger partial charge in [0.1, 0.15) is 18.0 Å². The van der Waals surface area contributed by atoms with Crippen LogP contribution in [0.4, 0.5) is 5.82 Å². The highest BCUT2D eigenvalue weighted by atomic mass is 28.4. The second kappa shape index (κ2) is 10.6. The van der Waals surface area contributed by atoms with Crippen molar-refractivity contribution in [2.75, 3.05) is 12.3 Å². The van der Waals surface area contributed by atoms with E-state index in [0.717, 1.165) is 0 Å². The molecule has 8 nitrogen and oxygen atoms in total. The zero-order chi connectivity index (χ0) is 28.8. The molecule has 0 spiro atoms. The number of anilines is 1. The van der Waals surface area contributed by atoms with Gasteiger partial charge in [-0.2, -0.15) is 4.98 Å². The molecule has 210 valence electrons. The number of aliphatic hydroxyl groups is 1. The quantitative estimate of drug-likeness (QED) is 0.318. The fourth-order valence-electron chi connectivity index (χ4n) is 4.39. The molecule has 0 bridgehead atoms. The molecule has 0 saturated carbocycles. The van der Waals surface area contributed by atoms with E-state index in [1.807, 2.05) is 0 Å². The van der Waals surface area contributed by atoms with Crippen LogP contribution in [-0.4, -0.2) is 55.7 Å². The second-order valence-corrected chi connectivity index (χ2v) is 22.3. The van der Waals surface area contributed by atoms with Crippen LogP contribution in [0.15, 0.2) is 17.1 Å². The van der Waals surface area contributed by atoms with Crippen molar-refractivity contribution >= 4 is 22.5 Å². The Morgan fingerprint density at radius 3 is 2.14 bits per heavy atom. The van der Waals surface area contributed by atoms with Crippen molar-refractivity contribution in [2.24, 2.45) is 11.8 Å². The van der Waals surface area contributed by atoms with E-state index in [4.69, 9.17) is 25.7 Å². The molecule has 0 aromatic carbocycles. The van der Waals surface area contributed by atoms with Crippen molar-refractivity contribution < 1.29 is 18.7 Å². The van der Waals surface area contributed by atoms with Crippen LogP contribution in [0.5, 0.6) is 0 Å². The molecule has 0 radical (unpaired) electrons. The molecule has 1 saturated heterocycles. The van der Waals surface area contributed by atoms with Crippen LogP contribution >= 0.6 is 0 Å². The SMILES string of the molecule is C#C[C@@]1(O)[C@@H](CO[Si](C)(C)C(C)(C)C(C)C)O[C@@H](n2ccc(N)nc2=O)[C@@H]1O[Si](C)(C)C(C)(C)C(C)C. The molecule has 1 fully saturated rings. The van der Waals surface area contributed by atoms with Crippen molar-refractivity contribution in [2.45, 2.75) is 116 Å². The summed E-state index contributed by atoms with van der Waals surface area (Å²) in [5, 5.41) is 11.8. The van der Waals surface area contributed by atoms with Crippen molar-refractivity contribution in [3.05, 3.63) is 22.7 Å². The molecule has 0 amide bonds. The van der Waals surface area contributed by atoms with E-state index < -0.39 is 46.4 Å². The number of rotatable bonds is 10. The number of hydrogen-bond acceptors (Lipinski definition) is 7. The molecule has 10 heteroatoms. The lowest BCUT2D eigenvalue weighted by Crippen LogP contribution is -2.57. The Morgan fingerprint density at radius 1 is 1.16 bits per heavy atom. The first-order valence-electron chi connectivity index (χ1n) is 13.2. The van der Waals surface area contributed by atoms with Gasteiger partial charge in [0.25, 0.3) is 0 Å². The molecule has 2 rings (SSSR count). The van der Waals surface area contributed by atoms with Crippen molar-refractivity contribution in [3.8, 4) is 12.3 Å². The molecule has 0 unspecified atom stereocenters. The van der Waals surface area contributed by atoms with E-state index in [2.05, 4.69) is 92.5 Å². The molecule has 1 aliphatic heterocycles. The van der Waals surface area contributed by atoms with Gasteiger partial charge in [-0.05, 0) is 54.2 Å². The van der Waals surface area contributed by atoms with E-state index >= 15 is 0 Å². The number of nitrogen functional groups attached to an aromatic ring is 1. The Labute approximate surface area is 225 Å². The number of hydrogen-bond donors (Lipinski definition) is 2. The van der Waals surface area contributed by atoms with Gasteiger partial charge in [0, 0.05) is 6.20 Å². The Hall–Kier alpha value is -1.49. The third-order valence-electron chi connectivity index (χ3n) is 9.85. The summed E-state index contributed by atoms with van der Waals surface area (Å²) in [5.74, 6) is 3.39. The molecule has 0 aliphatic carbocycles. The standard InChI is InChI=1S/C27H49N3O5Si2/c1-14-27(32)20(17-33-36(10,11)25(6,7)18(2)3)34-23(30-16-15-21(28)29-24(30)31)22(27)35-37(12,13)26(8,9)19(4)5/h1,15-16,18-20,22-23,32H,17H2,2-13H3,(H2,28,29,31)/t20-,22+,23-,27-/m1/s1. The summed E-state index contributed by atoms with van der Waals surface area (Å²) < 4.78 is 21.0. The highest BCUT2D eigenvalue weighted by molar-refractivity contribution is 6.74. The van der Waals surface area contributed by atoms with E-state index in [1.165, 1.54) is 16.8 Å². The summed E-state index contributed by atoms with van der Waals surface area (Å²) >= 11 is 0. The molecule has 4 atom stereocenters. The maximum Gasteiger partial charge on any atom is 0.351 e. The number of terminal acetylenes is 1. The summed E-state index contributed by atoms with van der Waals surface area (Å²) in [6, 6.07) is 1.52. The maximum absolute atomic E-state index is 12.9. The first-order chi connectivity index (χ1) is 16.7. The minimum absolute atomic E-state index is 0.0385. The molecule has 1 aliphatic rings. The maximum atomic E-state index is 12.9. The lowest BCUT2D eigenvalue weighted by Gasteiger charge is -2.46. The Balaban J connectivity index is 2.56. The predicted octanol–water partition coefficient (Wildman–Crippen LogP) is 4.77. The zero-order valence-corrected chi connectivity index (χ0v) is 26.9. The number of nitrogens with two attached hydrogens (primary N) is 1. The average Bonchev–Trinajstić information content (AvgIpc) is 3.03. The predicted molar refractivity (Wildman–Crippen MR) is 154 cm³/mol. The van der Waals surface area contributed by atoms with E-state index in [-0.39, 0.29) is 22.5 Å². The second-order valence-electron chi connectivity index (χ2n) is 13.2. The van der Waals surface area contributed by atoms with Crippen molar-refractivity contribution in [1.82, 2.24) is 9.55 Å². The van der Waals surface area contributed by atoms with Crippen LogP contribution in [0, 0.1) is 24.2 Å². The van der Waals surface area contributed by atoms with Crippen molar-refractivity contribution in [1.29, 1.82) is 0 Å². The number of ether oxygens (including phenoxy) is 1. The Morgan fingerprint density at radius 2 is 1.68 bits per heavy atom. The largest absolute Gasteiger partial charge is 0.414 e. The van der Waals surface area contributed by atoms with Crippen LogP contribution in [0.25, 0.3) is 0 Å². The highest BCUT2D eigenvalue weighted by Crippen LogP contribution is 2.50. The lowest BCUT2D eigenvalue weighted by atomic mass is 9.93. The topological polar surface area (TPSA) is 109 Å². The van der Waals surface area contributed by atoms with Gasteiger partial charge >= 0.3 is 5.69 Å². The first kappa shape index (κ1) is 31.7. The minimum atomic E-state index is -2.53. The van der Waals surface area contributed by atoms with Gasteiger partial charge in [0.05, 0.1) is 6.61 Å². The Kier molecular flexibility index (Phi) is 9.08. The molecule has 2 heterocycles. The Bertz CT molecular complexity index is 1060. The first-order valence-corrected chi connectivity index (χ1v) is 19.0. The van der Waals surface area contributed by atoms with Crippen molar-refractivity contribution in [3.63, 3.8) is 0 Å². The van der Waals surface area contributed by atoms with E-state index in [9.17, 15) is 9.90 Å². The third kappa shape index (κ3) is 5.77. The van der Waals surface area contributed by atoms with Gasteiger partial charge in [0.15, 0.2) is 28.5 Å². The smallest absolute Gasteiger partial charge is 0.351 e. The summed E-state index contributed by atoms with van der Waals surface area (Å²) in [6.07, 6.45) is 4.61. The van der Waals surface area contributed by atoms with Gasteiger partial charge in [-0.3, -0.25) is 4.57 Å². The normalized spacial score (nSPS) is 25.6. The minimum Gasteiger partial charge on any atom is -0.414 e.